The van der Waals surface area contributed by atoms with E-state index in [0.717, 1.165) is 34.6 Å². The van der Waals surface area contributed by atoms with E-state index in [1.807, 2.05) is 36.4 Å². The smallest absolute Gasteiger partial charge is 0.134 e. The highest BCUT2D eigenvalue weighted by Crippen LogP contribution is 2.29. The number of rotatable bonds is 6. The molecule has 3 nitrogen and oxygen atoms in total. The molecular weight excluding hydrogens is 318 g/mol. The van der Waals surface area contributed by atoms with Gasteiger partial charge in [-0.3, -0.25) is 4.90 Å². The Balaban J connectivity index is 1.71. The van der Waals surface area contributed by atoms with E-state index in [1.54, 1.807) is 0 Å². The Morgan fingerprint density at radius 3 is 2.55 bits per heavy atom. The van der Waals surface area contributed by atoms with Crippen molar-refractivity contribution in [2.24, 2.45) is 0 Å². The van der Waals surface area contributed by atoms with Gasteiger partial charge in [-0.15, -0.1) is 0 Å². The average molecular weight is 336 g/mol. The van der Waals surface area contributed by atoms with E-state index in [1.165, 1.54) is 12.8 Å². The van der Waals surface area contributed by atoms with Crippen LogP contribution in [0.2, 0.25) is 0 Å². The maximum Gasteiger partial charge on any atom is 0.134 e. The Morgan fingerprint density at radius 2 is 1.90 bits per heavy atom. The molecule has 20 heavy (non-hydrogen) atoms. The summed E-state index contributed by atoms with van der Waals surface area (Å²) in [7, 11) is 0. The van der Waals surface area contributed by atoms with E-state index in [9.17, 15) is 0 Å². The zero-order chi connectivity index (χ0) is 13.9. The maximum absolute atomic E-state index is 9.12. The minimum Gasteiger partial charge on any atom is -0.460 e. The van der Waals surface area contributed by atoms with Crippen LogP contribution in [0, 0.1) is 0 Å². The third kappa shape index (κ3) is 3.32. The summed E-state index contributed by atoms with van der Waals surface area (Å²) in [6, 6.07) is 12.8. The molecule has 1 N–H and O–H groups in total. The van der Waals surface area contributed by atoms with Crippen LogP contribution < -0.4 is 0 Å². The van der Waals surface area contributed by atoms with Crippen LogP contribution in [0.25, 0.3) is 11.3 Å². The van der Waals surface area contributed by atoms with Gasteiger partial charge in [0.15, 0.2) is 0 Å². The molecular formula is C16H18BrNO2. The maximum atomic E-state index is 9.12. The molecule has 106 valence electrons. The van der Waals surface area contributed by atoms with Crippen molar-refractivity contribution in [3.05, 3.63) is 46.6 Å². The number of halogens is 1. The highest BCUT2D eigenvalue weighted by Gasteiger charge is 2.29. The zero-order valence-electron chi connectivity index (χ0n) is 11.3. The number of furan rings is 1. The lowest BCUT2D eigenvalue weighted by atomic mass is 10.2. The fourth-order valence-electron chi connectivity index (χ4n) is 2.39. The van der Waals surface area contributed by atoms with Gasteiger partial charge in [-0.05, 0) is 37.1 Å². The molecule has 1 aromatic carbocycles. The van der Waals surface area contributed by atoms with Crippen LogP contribution in [-0.4, -0.2) is 29.2 Å². The first-order valence-corrected chi connectivity index (χ1v) is 7.75. The van der Waals surface area contributed by atoms with Crippen molar-refractivity contribution in [3.8, 4) is 11.3 Å². The third-order valence-corrected chi connectivity index (χ3v) is 4.13. The quantitative estimate of drug-likeness (QED) is 0.875. The van der Waals surface area contributed by atoms with Gasteiger partial charge in [-0.25, -0.2) is 0 Å². The molecule has 4 heteroatoms. The number of hydrogen-bond donors (Lipinski definition) is 1. The number of nitrogens with zero attached hydrogens (tertiary/aromatic N) is 1. The van der Waals surface area contributed by atoms with Crippen LogP contribution in [0.3, 0.4) is 0 Å². The van der Waals surface area contributed by atoms with Gasteiger partial charge in [0.1, 0.15) is 11.5 Å². The van der Waals surface area contributed by atoms with E-state index >= 15 is 0 Å². The molecule has 1 aromatic heterocycles. The molecule has 0 saturated heterocycles. The highest BCUT2D eigenvalue weighted by atomic mass is 79.9. The number of benzene rings is 1. The van der Waals surface area contributed by atoms with E-state index < -0.39 is 0 Å². The van der Waals surface area contributed by atoms with Gasteiger partial charge in [-0.2, -0.15) is 0 Å². The molecule has 1 aliphatic carbocycles. The molecule has 3 rings (SSSR count). The Bertz CT molecular complexity index is 560. The van der Waals surface area contributed by atoms with Gasteiger partial charge in [0, 0.05) is 22.6 Å². The predicted octanol–water partition coefficient (Wildman–Crippen LogP) is 3.67. The second-order valence-electron chi connectivity index (χ2n) is 5.20. The summed E-state index contributed by atoms with van der Waals surface area (Å²) < 4.78 is 6.99. The first-order chi connectivity index (χ1) is 9.76. The van der Waals surface area contributed by atoms with E-state index in [0.29, 0.717) is 6.04 Å². The number of hydrogen-bond acceptors (Lipinski definition) is 3. The molecule has 2 aromatic rings. The zero-order valence-corrected chi connectivity index (χ0v) is 12.8. The van der Waals surface area contributed by atoms with Gasteiger partial charge in [0.05, 0.1) is 13.2 Å². The van der Waals surface area contributed by atoms with Gasteiger partial charge in [0.25, 0.3) is 0 Å². The van der Waals surface area contributed by atoms with Gasteiger partial charge >= 0.3 is 0 Å². The first kappa shape index (κ1) is 13.9. The van der Waals surface area contributed by atoms with Crippen molar-refractivity contribution in [1.82, 2.24) is 4.90 Å². The summed E-state index contributed by atoms with van der Waals surface area (Å²) in [5.41, 5.74) is 1.08. The SMILES string of the molecule is OCCN(Cc1ccc(-c2ccc(Br)cc2)o1)C1CC1. The fourth-order valence-corrected chi connectivity index (χ4v) is 2.66. The Hall–Kier alpha value is -1.10. The molecule has 0 bridgehead atoms. The van der Waals surface area contributed by atoms with Gasteiger partial charge < -0.3 is 9.52 Å². The molecule has 1 fully saturated rings. The molecule has 0 radical (unpaired) electrons. The summed E-state index contributed by atoms with van der Waals surface area (Å²) in [4.78, 5) is 2.30. The molecule has 0 amide bonds. The van der Waals surface area contributed by atoms with E-state index in [-0.39, 0.29) is 6.61 Å². The summed E-state index contributed by atoms with van der Waals surface area (Å²) in [6.45, 7) is 1.71. The van der Waals surface area contributed by atoms with Crippen molar-refractivity contribution >= 4 is 15.9 Å². The van der Waals surface area contributed by atoms with Crippen LogP contribution in [0.5, 0.6) is 0 Å². The van der Waals surface area contributed by atoms with Crippen molar-refractivity contribution in [2.75, 3.05) is 13.2 Å². The number of aliphatic hydroxyl groups is 1. The number of aliphatic hydroxyl groups excluding tert-OH is 1. The third-order valence-electron chi connectivity index (χ3n) is 3.60. The normalized spacial score (nSPS) is 14.9. The molecule has 1 saturated carbocycles. The second kappa shape index (κ2) is 6.12. The summed E-state index contributed by atoms with van der Waals surface area (Å²) in [6.07, 6.45) is 2.47. The predicted molar refractivity (Wildman–Crippen MR) is 82.4 cm³/mol. The van der Waals surface area contributed by atoms with Crippen LogP contribution >= 0.6 is 15.9 Å². The molecule has 1 aliphatic rings. The summed E-state index contributed by atoms with van der Waals surface area (Å²) in [5, 5.41) is 9.12. The summed E-state index contributed by atoms with van der Waals surface area (Å²) >= 11 is 3.44. The minimum atomic E-state index is 0.205. The van der Waals surface area contributed by atoms with Crippen molar-refractivity contribution in [3.63, 3.8) is 0 Å². The largest absolute Gasteiger partial charge is 0.460 e. The lowest BCUT2D eigenvalue weighted by Crippen LogP contribution is -2.28. The minimum absolute atomic E-state index is 0.205. The van der Waals surface area contributed by atoms with Gasteiger partial charge in [-0.1, -0.05) is 28.1 Å². The highest BCUT2D eigenvalue weighted by molar-refractivity contribution is 9.10. The Morgan fingerprint density at radius 1 is 1.15 bits per heavy atom. The first-order valence-electron chi connectivity index (χ1n) is 6.96. The Labute approximate surface area is 127 Å². The topological polar surface area (TPSA) is 36.6 Å². The average Bonchev–Trinajstić information content (AvgIpc) is 3.20. The van der Waals surface area contributed by atoms with E-state index in [2.05, 4.69) is 20.8 Å². The summed E-state index contributed by atoms with van der Waals surface area (Å²) in [5.74, 6) is 1.86. The Kier molecular flexibility index (Phi) is 4.24. The lowest BCUT2D eigenvalue weighted by Gasteiger charge is -2.19. The molecule has 1 heterocycles. The van der Waals surface area contributed by atoms with Crippen LogP contribution in [0.15, 0.2) is 45.3 Å². The van der Waals surface area contributed by atoms with Crippen LogP contribution in [0.4, 0.5) is 0 Å². The monoisotopic (exact) mass is 335 g/mol. The molecule has 0 aliphatic heterocycles. The van der Waals surface area contributed by atoms with E-state index in [4.69, 9.17) is 9.52 Å². The van der Waals surface area contributed by atoms with Crippen LogP contribution in [0.1, 0.15) is 18.6 Å². The second-order valence-corrected chi connectivity index (χ2v) is 6.11. The van der Waals surface area contributed by atoms with Crippen molar-refractivity contribution in [1.29, 1.82) is 0 Å². The van der Waals surface area contributed by atoms with Crippen molar-refractivity contribution in [2.45, 2.75) is 25.4 Å². The van der Waals surface area contributed by atoms with Crippen LogP contribution in [-0.2, 0) is 6.54 Å². The molecule has 0 atom stereocenters. The standard InChI is InChI=1S/C16H18BrNO2/c17-13-3-1-12(2-4-13)16-8-7-15(20-16)11-18(9-10-19)14-5-6-14/h1-4,7-8,14,19H,5-6,9-11H2. The van der Waals surface area contributed by atoms with Crippen molar-refractivity contribution < 1.29 is 9.52 Å². The fraction of sp³-hybridized carbons (Fsp3) is 0.375. The molecule has 0 spiro atoms. The molecule has 0 unspecified atom stereocenters. The van der Waals surface area contributed by atoms with Gasteiger partial charge in [0.2, 0.25) is 0 Å². The lowest BCUT2D eigenvalue weighted by molar-refractivity contribution is 0.174.